The van der Waals surface area contributed by atoms with Gasteiger partial charge in [0.05, 0.1) is 5.02 Å². The van der Waals surface area contributed by atoms with Crippen LogP contribution in [0.2, 0.25) is 5.02 Å². The number of phenolic OH excluding ortho intramolecular Hbond substituents is 1. The Kier molecular flexibility index (Phi) is 5.95. The summed E-state index contributed by atoms with van der Waals surface area (Å²) in [4.78, 5) is 11.7. The lowest BCUT2D eigenvalue weighted by atomic mass is 10.2. The molecule has 0 radical (unpaired) electrons. The van der Waals surface area contributed by atoms with Crippen LogP contribution in [0.3, 0.4) is 0 Å². The van der Waals surface area contributed by atoms with Crippen molar-refractivity contribution in [2.45, 2.75) is 19.3 Å². The SMILES string of the molecule is NC(CCCCNC(=O)c1ccc(O)c(Cl)c1)=NO. The van der Waals surface area contributed by atoms with Gasteiger partial charge in [-0.05, 0) is 31.0 Å². The van der Waals surface area contributed by atoms with E-state index in [1.54, 1.807) is 0 Å². The van der Waals surface area contributed by atoms with Gasteiger partial charge in [-0.3, -0.25) is 4.79 Å². The Morgan fingerprint density at radius 3 is 2.79 bits per heavy atom. The zero-order valence-electron chi connectivity index (χ0n) is 10.3. The molecule has 19 heavy (non-hydrogen) atoms. The molecule has 6 nitrogen and oxygen atoms in total. The number of rotatable bonds is 6. The first-order valence-electron chi connectivity index (χ1n) is 5.77. The van der Waals surface area contributed by atoms with Gasteiger partial charge in [-0.15, -0.1) is 0 Å². The highest BCUT2D eigenvalue weighted by molar-refractivity contribution is 6.32. The summed E-state index contributed by atoms with van der Waals surface area (Å²) in [5.74, 6) is -0.140. The standard InChI is InChI=1S/C12H16ClN3O3/c13-9-7-8(4-5-10(9)17)12(18)15-6-2-1-3-11(14)16-19/h4-5,7,17,19H,1-3,6H2,(H2,14,16)(H,15,18). The zero-order valence-corrected chi connectivity index (χ0v) is 11.0. The highest BCUT2D eigenvalue weighted by Gasteiger charge is 2.07. The van der Waals surface area contributed by atoms with E-state index in [0.29, 0.717) is 31.4 Å². The summed E-state index contributed by atoms with van der Waals surface area (Å²) in [5, 5.41) is 23.3. The van der Waals surface area contributed by atoms with Crippen molar-refractivity contribution in [3.63, 3.8) is 0 Å². The lowest BCUT2D eigenvalue weighted by molar-refractivity contribution is 0.0953. The van der Waals surface area contributed by atoms with Crippen molar-refractivity contribution in [3.8, 4) is 5.75 Å². The van der Waals surface area contributed by atoms with Crippen molar-refractivity contribution in [2.24, 2.45) is 10.9 Å². The number of nitrogens with two attached hydrogens (primary N) is 1. The normalized spacial score (nSPS) is 11.3. The number of carbonyl (C=O) groups excluding carboxylic acids is 1. The molecule has 0 aliphatic heterocycles. The van der Waals surface area contributed by atoms with Gasteiger partial charge in [-0.2, -0.15) is 0 Å². The average molecular weight is 286 g/mol. The molecule has 0 heterocycles. The van der Waals surface area contributed by atoms with Crippen LogP contribution in [0.25, 0.3) is 0 Å². The summed E-state index contributed by atoms with van der Waals surface area (Å²) < 4.78 is 0. The van der Waals surface area contributed by atoms with Gasteiger partial charge >= 0.3 is 0 Å². The minimum Gasteiger partial charge on any atom is -0.506 e. The summed E-state index contributed by atoms with van der Waals surface area (Å²) in [6, 6.07) is 4.27. The summed E-state index contributed by atoms with van der Waals surface area (Å²) >= 11 is 5.71. The molecule has 1 amide bonds. The predicted octanol–water partition coefficient (Wildman–Crippen LogP) is 1.69. The van der Waals surface area contributed by atoms with E-state index < -0.39 is 0 Å². The molecule has 0 fully saturated rings. The van der Waals surface area contributed by atoms with Crippen LogP contribution in [0.4, 0.5) is 0 Å². The number of nitrogens with zero attached hydrogens (tertiary/aromatic N) is 1. The largest absolute Gasteiger partial charge is 0.506 e. The van der Waals surface area contributed by atoms with E-state index in [0.717, 1.165) is 0 Å². The van der Waals surface area contributed by atoms with Crippen LogP contribution < -0.4 is 11.1 Å². The first-order chi connectivity index (χ1) is 9.04. The number of hydrogen-bond acceptors (Lipinski definition) is 4. The van der Waals surface area contributed by atoms with Gasteiger partial charge in [-0.25, -0.2) is 0 Å². The summed E-state index contributed by atoms with van der Waals surface area (Å²) in [7, 11) is 0. The van der Waals surface area contributed by atoms with Crippen LogP contribution in [0.1, 0.15) is 29.6 Å². The molecule has 0 unspecified atom stereocenters. The third-order valence-corrected chi connectivity index (χ3v) is 2.79. The summed E-state index contributed by atoms with van der Waals surface area (Å²) in [6.45, 7) is 0.482. The molecule has 7 heteroatoms. The molecule has 0 saturated heterocycles. The molecule has 0 atom stereocenters. The van der Waals surface area contributed by atoms with E-state index in [2.05, 4.69) is 10.5 Å². The average Bonchev–Trinajstić information content (AvgIpc) is 2.40. The molecule has 104 valence electrons. The number of unbranched alkanes of at least 4 members (excludes halogenated alkanes) is 1. The minimum absolute atomic E-state index is 0.0583. The third-order valence-electron chi connectivity index (χ3n) is 2.48. The fourth-order valence-electron chi connectivity index (χ4n) is 1.43. The molecule has 1 aromatic rings. The Labute approximate surface area is 115 Å². The van der Waals surface area contributed by atoms with Crippen molar-refractivity contribution in [1.82, 2.24) is 5.32 Å². The van der Waals surface area contributed by atoms with Gasteiger partial charge in [-0.1, -0.05) is 16.8 Å². The quantitative estimate of drug-likeness (QED) is 0.210. The lowest BCUT2D eigenvalue weighted by Gasteiger charge is -2.06. The van der Waals surface area contributed by atoms with Crippen LogP contribution >= 0.6 is 11.6 Å². The molecule has 1 aromatic carbocycles. The Morgan fingerprint density at radius 1 is 1.42 bits per heavy atom. The predicted molar refractivity (Wildman–Crippen MR) is 72.7 cm³/mol. The van der Waals surface area contributed by atoms with E-state index in [1.165, 1.54) is 18.2 Å². The Balaban J connectivity index is 2.33. The van der Waals surface area contributed by atoms with Crippen molar-refractivity contribution in [1.29, 1.82) is 0 Å². The van der Waals surface area contributed by atoms with E-state index in [9.17, 15) is 9.90 Å². The highest BCUT2D eigenvalue weighted by Crippen LogP contribution is 2.23. The number of hydrogen-bond donors (Lipinski definition) is 4. The second-order valence-corrected chi connectivity index (χ2v) is 4.38. The molecule has 0 spiro atoms. The maximum Gasteiger partial charge on any atom is 0.251 e. The number of oxime groups is 1. The molecule has 0 bridgehead atoms. The fraction of sp³-hybridized carbons (Fsp3) is 0.333. The van der Waals surface area contributed by atoms with Gasteiger partial charge in [0.15, 0.2) is 0 Å². The van der Waals surface area contributed by atoms with Crippen LogP contribution in [-0.4, -0.2) is 28.6 Å². The van der Waals surface area contributed by atoms with Crippen molar-refractivity contribution in [3.05, 3.63) is 28.8 Å². The van der Waals surface area contributed by atoms with Crippen molar-refractivity contribution in [2.75, 3.05) is 6.54 Å². The molecule has 0 aromatic heterocycles. The number of amides is 1. The first-order valence-corrected chi connectivity index (χ1v) is 6.15. The number of phenols is 1. The maximum atomic E-state index is 11.7. The van der Waals surface area contributed by atoms with Crippen molar-refractivity contribution >= 4 is 23.3 Å². The Morgan fingerprint density at radius 2 is 2.16 bits per heavy atom. The molecule has 0 aliphatic rings. The van der Waals surface area contributed by atoms with E-state index >= 15 is 0 Å². The molecular weight excluding hydrogens is 270 g/mol. The number of carbonyl (C=O) groups is 1. The molecule has 0 saturated carbocycles. The van der Waals surface area contributed by atoms with E-state index in [-0.39, 0.29) is 22.5 Å². The van der Waals surface area contributed by atoms with E-state index in [4.69, 9.17) is 22.5 Å². The fourth-order valence-corrected chi connectivity index (χ4v) is 1.61. The van der Waals surface area contributed by atoms with Gasteiger partial charge < -0.3 is 21.4 Å². The monoisotopic (exact) mass is 285 g/mol. The Hall–Kier alpha value is -1.95. The number of amidine groups is 1. The Bertz CT molecular complexity index is 477. The van der Waals surface area contributed by atoms with Crippen LogP contribution in [0.15, 0.2) is 23.4 Å². The summed E-state index contributed by atoms with van der Waals surface area (Å²) in [6.07, 6.45) is 1.91. The topological polar surface area (TPSA) is 108 Å². The molecule has 1 rings (SSSR count). The van der Waals surface area contributed by atoms with Crippen LogP contribution in [0, 0.1) is 0 Å². The van der Waals surface area contributed by atoms with Gasteiger partial charge in [0, 0.05) is 18.5 Å². The minimum atomic E-state index is -0.259. The third kappa shape index (κ3) is 5.05. The second-order valence-electron chi connectivity index (χ2n) is 3.97. The highest BCUT2D eigenvalue weighted by atomic mass is 35.5. The number of benzene rings is 1. The number of nitrogens with one attached hydrogen (secondary N) is 1. The molecule has 0 aliphatic carbocycles. The first kappa shape index (κ1) is 15.1. The number of aromatic hydroxyl groups is 1. The number of halogens is 1. The molecule has 5 N–H and O–H groups in total. The van der Waals surface area contributed by atoms with Gasteiger partial charge in [0.1, 0.15) is 11.6 Å². The van der Waals surface area contributed by atoms with E-state index in [1.807, 2.05) is 0 Å². The van der Waals surface area contributed by atoms with Crippen molar-refractivity contribution < 1.29 is 15.1 Å². The van der Waals surface area contributed by atoms with Crippen LogP contribution in [0.5, 0.6) is 5.75 Å². The second kappa shape index (κ2) is 7.48. The smallest absolute Gasteiger partial charge is 0.251 e. The van der Waals surface area contributed by atoms with Gasteiger partial charge in [0.2, 0.25) is 0 Å². The lowest BCUT2D eigenvalue weighted by Crippen LogP contribution is -2.24. The summed E-state index contributed by atoms with van der Waals surface area (Å²) in [5.41, 5.74) is 5.70. The maximum absolute atomic E-state index is 11.7. The van der Waals surface area contributed by atoms with Crippen LogP contribution in [-0.2, 0) is 0 Å². The van der Waals surface area contributed by atoms with Gasteiger partial charge in [0.25, 0.3) is 5.91 Å². The zero-order chi connectivity index (χ0) is 14.3. The molecular formula is C12H16ClN3O3.